The van der Waals surface area contributed by atoms with E-state index in [1.54, 1.807) is 25.3 Å². The minimum Gasteiger partial charge on any atom is -0.475 e. The van der Waals surface area contributed by atoms with Gasteiger partial charge in [-0.15, -0.1) is 0 Å². The Kier molecular flexibility index (Phi) is 4.51. The number of rotatable bonds is 6. The summed E-state index contributed by atoms with van der Waals surface area (Å²) in [6, 6.07) is 3.34. The Labute approximate surface area is 140 Å². The Morgan fingerprint density at radius 3 is 2.88 bits per heavy atom. The van der Waals surface area contributed by atoms with Crippen LogP contribution in [0.15, 0.2) is 22.9 Å². The van der Waals surface area contributed by atoms with E-state index < -0.39 is 5.54 Å². The highest BCUT2D eigenvalue weighted by Crippen LogP contribution is 2.40. The van der Waals surface area contributed by atoms with Gasteiger partial charge in [0.1, 0.15) is 5.54 Å². The number of aromatic nitrogens is 3. The summed E-state index contributed by atoms with van der Waals surface area (Å²) in [4.78, 5) is 21.1. The lowest BCUT2D eigenvalue weighted by atomic mass is 9.76. The van der Waals surface area contributed by atoms with Crippen LogP contribution in [0.4, 0.5) is 0 Å². The van der Waals surface area contributed by atoms with Crippen LogP contribution in [-0.2, 0) is 5.54 Å². The van der Waals surface area contributed by atoms with Crippen molar-refractivity contribution in [3.05, 3.63) is 35.6 Å². The zero-order valence-corrected chi connectivity index (χ0v) is 14.2. The monoisotopic (exact) mass is 330 g/mol. The van der Waals surface area contributed by atoms with Gasteiger partial charge in [-0.05, 0) is 38.7 Å². The number of carbonyl (C=O) groups is 1. The van der Waals surface area contributed by atoms with E-state index in [1.165, 1.54) is 0 Å². The van der Waals surface area contributed by atoms with Crippen LogP contribution in [0.2, 0.25) is 0 Å². The Morgan fingerprint density at radius 2 is 2.29 bits per heavy atom. The standard InChI is InChI=1S/C17H22N4O3/c1-4-11(2)23-14-10-13(6-9-18-14)15(22)20-17(7-5-8-17)16-19-12(3)24-21-16/h6,9-11H,4-5,7-8H2,1-3H3,(H,20,22)/t11-/m1/s1. The van der Waals surface area contributed by atoms with Crippen molar-refractivity contribution in [2.24, 2.45) is 0 Å². The number of aryl methyl sites for hydroxylation is 1. The van der Waals surface area contributed by atoms with Gasteiger partial charge in [0.15, 0.2) is 5.82 Å². The van der Waals surface area contributed by atoms with E-state index in [1.807, 2.05) is 13.8 Å². The Hall–Kier alpha value is -2.44. The molecule has 3 rings (SSSR count). The van der Waals surface area contributed by atoms with E-state index in [-0.39, 0.29) is 12.0 Å². The van der Waals surface area contributed by atoms with Gasteiger partial charge in [-0.3, -0.25) is 4.79 Å². The first kappa shape index (κ1) is 16.4. The molecule has 0 aliphatic heterocycles. The summed E-state index contributed by atoms with van der Waals surface area (Å²) >= 11 is 0. The summed E-state index contributed by atoms with van der Waals surface area (Å²) in [6.45, 7) is 5.75. The molecule has 1 fully saturated rings. The molecular formula is C17H22N4O3. The fourth-order valence-electron chi connectivity index (χ4n) is 2.62. The summed E-state index contributed by atoms with van der Waals surface area (Å²) < 4.78 is 10.7. The Morgan fingerprint density at radius 1 is 1.50 bits per heavy atom. The maximum absolute atomic E-state index is 12.7. The quantitative estimate of drug-likeness (QED) is 0.876. The zero-order chi connectivity index (χ0) is 17.2. The van der Waals surface area contributed by atoms with Crippen LogP contribution < -0.4 is 10.1 Å². The number of ether oxygens (including phenoxy) is 1. The van der Waals surface area contributed by atoms with E-state index in [2.05, 4.69) is 20.4 Å². The van der Waals surface area contributed by atoms with Crippen LogP contribution in [0.5, 0.6) is 5.88 Å². The molecule has 7 heteroatoms. The summed E-state index contributed by atoms with van der Waals surface area (Å²) in [6.07, 6.45) is 5.14. The molecule has 2 aromatic heterocycles. The summed E-state index contributed by atoms with van der Waals surface area (Å²) in [5, 5.41) is 7.05. The molecule has 1 aliphatic rings. The number of amides is 1. The van der Waals surface area contributed by atoms with Gasteiger partial charge in [-0.1, -0.05) is 12.1 Å². The second-order valence-corrected chi connectivity index (χ2v) is 6.25. The van der Waals surface area contributed by atoms with Crippen molar-refractivity contribution in [3.8, 4) is 5.88 Å². The topological polar surface area (TPSA) is 90.1 Å². The smallest absolute Gasteiger partial charge is 0.252 e. The van der Waals surface area contributed by atoms with Gasteiger partial charge in [0, 0.05) is 24.8 Å². The largest absolute Gasteiger partial charge is 0.475 e. The molecule has 24 heavy (non-hydrogen) atoms. The van der Waals surface area contributed by atoms with Gasteiger partial charge in [-0.2, -0.15) is 4.98 Å². The maximum atomic E-state index is 12.7. The van der Waals surface area contributed by atoms with E-state index >= 15 is 0 Å². The first-order valence-corrected chi connectivity index (χ1v) is 8.28. The van der Waals surface area contributed by atoms with Gasteiger partial charge in [0.25, 0.3) is 5.91 Å². The van der Waals surface area contributed by atoms with Gasteiger partial charge in [0.05, 0.1) is 6.10 Å². The summed E-state index contributed by atoms with van der Waals surface area (Å²) in [5.74, 6) is 1.31. The van der Waals surface area contributed by atoms with Gasteiger partial charge >= 0.3 is 0 Å². The number of pyridine rings is 1. The SMILES string of the molecule is CC[C@@H](C)Oc1cc(C(=O)NC2(c3noc(C)n3)CCC2)ccn1. The summed E-state index contributed by atoms with van der Waals surface area (Å²) in [5.41, 5.74) is -0.0228. The molecule has 2 heterocycles. The van der Waals surface area contributed by atoms with Crippen molar-refractivity contribution >= 4 is 5.91 Å². The number of carbonyl (C=O) groups excluding carboxylic acids is 1. The molecule has 1 aliphatic carbocycles. The zero-order valence-electron chi connectivity index (χ0n) is 14.2. The normalized spacial score (nSPS) is 17.0. The molecular weight excluding hydrogens is 308 g/mol. The third-order valence-corrected chi connectivity index (χ3v) is 4.41. The van der Waals surface area contributed by atoms with Crippen molar-refractivity contribution in [1.29, 1.82) is 0 Å². The highest BCUT2D eigenvalue weighted by Gasteiger charge is 2.44. The number of nitrogens with zero attached hydrogens (tertiary/aromatic N) is 3. The molecule has 0 saturated heterocycles. The van der Waals surface area contributed by atoms with Crippen LogP contribution in [-0.4, -0.2) is 27.1 Å². The van der Waals surface area contributed by atoms with Crippen LogP contribution in [0, 0.1) is 6.92 Å². The van der Waals surface area contributed by atoms with Crippen LogP contribution in [0.1, 0.15) is 61.6 Å². The average molecular weight is 330 g/mol. The van der Waals surface area contributed by atoms with Crippen molar-refractivity contribution < 1.29 is 14.1 Å². The molecule has 1 amide bonds. The minimum atomic E-state index is -0.532. The molecule has 1 saturated carbocycles. The molecule has 7 nitrogen and oxygen atoms in total. The second-order valence-electron chi connectivity index (χ2n) is 6.25. The average Bonchev–Trinajstić information content (AvgIpc) is 2.97. The highest BCUT2D eigenvalue weighted by molar-refractivity contribution is 5.95. The molecule has 0 spiro atoms. The molecule has 1 atom stereocenters. The third-order valence-electron chi connectivity index (χ3n) is 4.41. The third kappa shape index (κ3) is 3.25. The number of hydrogen-bond acceptors (Lipinski definition) is 6. The van der Waals surface area contributed by atoms with Gasteiger partial charge in [0.2, 0.25) is 11.8 Å². The molecule has 0 bridgehead atoms. The highest BCUT2D eigenvalue weighted by atomic mass is 16.5. The fraction of sp³-hybridized carbons (Fsp3) is 0.529. The molecule has 0 radical (unpaired) electrons. The van der Waals surface area contributed by atoms with Crippen molar-refractivity contribution in [1.82, 2.24) is 20.4 Å². The molecule has 128 valence electrons. The van der Waals surface area contributed by atoms with E-state index in [4.69, 9.17) is 9.26 Å². The fourth-order valence-corrected chi connectivity index (χ4v) is 2.62. The van der Waals surface area contributed by atoms with E-state index in [9.17, 15) is 4.79 Å². The van der Waals surface area contributed by atoms with Gasteiger partial charge in [-0.25, -0.2) is 4.98 Å². The van der Waals surface area contributed by atoms with Crippen molar-refractivity contribution in [3.63, 3.8) is 0 Å². The second kappa shape index (κ2) is 6.59. The minimum absolute atomic E-state index is 0.0519. The van der Waals surface area contributed by atoms with Crippen LogP contribution in [0.25, 0.3) is 0 Å². The van der Waals surface area contributed by atoms with Crippen molar-refractivity contribution in [2.75, 3.05) is 0 Å². The summed E-state index contributed by atoms with van der Waals surface area (Å²) in [7, 11) is 0. The van der Waals surface area contributed by atoms with E-state index in [0.29, 0.717) is 23.2 Å². The number of hydrogen-bond donors (Lipinski definition) is 1. The first-order chi connectivity index (χ1) is 11.5. The molecule has 1 N–H and O–H groups in total. The van der Waals surface area contributed by atoms with Crippen molar-refractivity contribution in [2.45, 2.75) is 58.1 Å². The molecule has 0 unspecified atom stereocenters. The Bertz CT molecular complexity index is 724. The molecule has 2 aromatic rings. The molecule has 0 aromatic carbocycles. The lowest BCUT2D eigenvalue weighted by Gasteiger charge is -2.39. The first-order valence-electron chi connectivity index (χ1n) is 8.28. The maximum Gasteiger partial charge on any atom is 0.252 e. The predicted molar refractivity (Wildman–Crippen MR) is 86.6 cm³/mol. The lowest BCUT2D eigenvalue weighted by molar-refractivity contribution is 0.0803. The Balaban J connectivity index is 1.76. The number of nitrogens with one attached hydrogen (secondary N) is 1. The van der Waals surface area contributed by atoms with E-state index in [0.717, 1.165) is 25.7 Å². The lowest BCUT2D eigenvalue weighted by Crippen LogP contribution is -2.51. The van der Waals surface area contributed by atoms with Crippen LogP contribution >= 0.6 is 0 Å². The predicted octanol–water partition coefficient (Wildman–Crippen LogP) is 2.76. The van der Waals surface area contributed by atoms with Gasteiger partial charge < -0.3 is 14.6 Å². The van der Waals surface area contributed by atoms with Crippen LogP contribution in [0.3, 0.4) is 0 Å².